The van der Waals surface area contributed by atoms with Crippen molar-refractivity contribution in [2.45, 2.75) is 27.2 Å². The van der Waals surface area contributed by atoms with Gasteiger partial charge in [0, 0.05) is 0 Å². The van der Waals surface area contributed by atoms with Crippen molar-refractivity contribution in [1.29, 1.82) is 0 Å². The first kappa shape index (κ1) is 13.7. The molecule has 0 radical (unpaired) electrons. The van der Waals surface area contributed by atoms with Gasteiger partial charge in [0.05, 0.1) is 0 Å². The average molecular weight is 484 g/mol. The summed E-state index contributed by atoms with van der Waals surface area (Å²) in [4.78, 5) is 23.8. The number of alkyl halides is 2. The van der Waals surface area contributed by atoms with E-state index < -0.39 is 3.42 Å². The van der Waals surface area contributed by atoms with Crippen LogP contribution >= 0.6 is 22.6 Å². The van der Waals surface area contributed by atoms with Crippen molar-refractivity contribution in [3.8, 4) is 5.75 Å². The standard InChI is InChI=1S/C13H12I2NO3/c1-13(14,11-15-16-11)12(18)19-10-4-2-3-7-5-8(17)6-9(7)10/h2-4,11,16H,5-6H2,1H3/q-1. The van der Waals surface area contributed by atoms with Crippen LogP contribution in [-0.4, -0.2) is 19.2 Å². The van der Waals surface area contributed by atoms with E-state index in [-0.39, 0.29) is 37.3 Å². The van der Waals surface area contributed by atoms with Gasteiger partial charge in [-0.05, 0) is 0 Å². The molecule has 0 saturated carbocycles. The van der Waals surface area contributed by atoms with Crippen molar-refractivity contribution in [2.24, 2.45) is 0 Å². The van der Waals surface area contributed by atoms with E-state index in [4.69, 9.17) is 4.74 Å². The van der Waals surface area contributed by atoms with Crippen LogP contribution < -0.4 is 29.7 Å². The molecule has 1 aliphatic heterocycles. The molecule has 1 aromatic rings. The number of hydrogen-bond acceptors (Lipinski definition) is 4. The number of esters is 1. The Bertz CT molecular complexity index is 567. The molecule has 2 aliphatic rings. The second-order valence-electron chi connectivity index (χ2n) is 4.83. The summed E-state index contributed by atoms with van der Waals surface area (Å²) < 4.78 is 8.57. The molecule has 4 nitrogen and oxygen atoms in total. The molecule has 0 amide bonds. The maximum absolute atomic E-state index is 12.3. The summed E-state index contributed by atoms with van der Waals surface area (Å²) in [6.45, 7) is 1.90. The van der Waals surface area contributed by atoms with Gasteiger partial charge >= 0.3 is 136 Å². The first-order valence-corrected chi connectivity index (χ1v) is 9.30. The van der Waals surface area contributed by atoms with Gasteiger partial charge in [-0.15, -0.1) is 0 Å². The van der Waals surface area contributed by atoms with Crippen molar-refractivity contribution in [2.75, 3.05) is 0 Å². The van der Waals surface area contributed by atoms with Gasteiger partial charge in [0.2, 0.25) is 0 Å². The number of nitrogens with one attached hydrogen (secondary N) is 1. The number of ketones is 1. The summed E-state index contributed by atoms with van der Waals surface area (Å²) >= 11 is 2.11. The van der Waals surface area contributed by atoms with Crippen LogP contribution in [0.15, 0.2) is 18.2 Å². The minimum atomic E-state index is -0.517. The molecule has 1 N–H and O–H groups in total. The van der Waals surface area contributed by atoms with Crippen LogP contribution in [-0.2, 0) is 22.4 Å². The van der Waals surface area contributed by atoms with Crippen LogP contribution in [0.5, 0.6) is 5.75 Å². The molecule has 19 heavy (non-hydrogen) atoms. The number of carbonyl (C=O) groups excluding carboxylic acids is 2. The predicted octanol–water partition coefficient (Wildman–Crippen LogP) is -1.61. The number of ether oxygens (including phenoxy) is 1. The molecule has 2 unspecified atom stereocenters. The zero-order valence-corrected chi connectivity index (χ0v) is 14.5. The quantitative estimate of drug-likeness (QED) is 0.107. The first-order chi connectivity index (χ1) is 8.98. The number of fused-ring (bicyclic) bond motifs is 1. The van der Waals surface area contributed by atoms with Crippen LogP contribution in [0.2, 0.25) is 0 Å². The van der Waals surface area contributed by atoms with E-state index in [1.54, 1.807) is 6.07 Å². The van der Waals surface area contributed by atoms with Crippen molar-refractivity contribution in [3.63, 3.8) is 0 Å². The Hall–Kier alpha value is -0.220. The molecule has 6 heteroatoms. The molecule has 1 aliphatic carbocycles. The molecule has 0 bridgehead atoms. The van der Waals surface area contributed by atoms with Gasteiger partial charge in [-0.1, -0.05) is 0 Å². The number of rotatable bonds is 3. The van der Waals surface area contributed by atoms with E-state index in [0.29, 0.717) is 18.6 Å². The van der Waals surface area contributed by atoms with Crippen LogP contribution in [0.25, 0.3) is 0 Å². The maximum atomic E-state index is 12.3. The van der Waals surface area contributed by atoms with E-state index in [1.165, 1.54) is 0 Å². The monoisotopic (exact) mass is 484 g/mol. The third-order valence-corrected chi connectivity index (χ3v) is 8.03. The van der Waals surface area contributed by atoms with Crippen LogP contribution in [0.4, 0.5) is 0 Å². The summed E-state index contributed by atoms with van der Waals surface area (Å²) in [7, 11) is 0. The third-order valence-electron chi connectivity index (χ3n) is 3.29. The molecule has 0 aromatic heterocycles. The van der Waals surface area contributed by atoms with Crippen molar-refractivity contribution in [1.82, 2.24) is 3.53 Å². The van der Waals surface area contributed by atoms with E-state index in [0.717, 1.165) is 11.1 Å². The van der Waals surface area contributed by atoms with Gasteiger partial charge in [-0.3, -0.25) is 0 Å². The van der Waals surface area contributed by atoms with Crippen LogP contribution in [0.3, 0.4) is 0 Å². The third kappa shape index (κ3) is 2.66. The SMILES string of the molecule is CC(I)(C(=O)Oc1cccc2c1CC(=O)C2)C1N[I-]1. The second-order valence-corrected chi connectivity index (χ2v) is 9.56. The fourth-order valence-corrected chi connectivity index (χ4v) is 5.38. The summed E-state index contributed by atoms with van der Waals surface area (Å²) in [5.41, 5.74) is 1.87. The topological polar surface area (TPSA) is 65.3 Å². The zero-order chi connectivity index (χ0) is 13.6. The van der Waals surface area contributed by atoms with Gasteiger partial charge in [-0.2, -0.15) is 0 Å². The Morgan fingerprint density at radius 3 is 2.95 bits per heavy atom. The number of carbonyl (C=O) groups is 2. The number of Topliss-reactive ketones (excluding diaryl/α,β-unsaturated/α-hetero) is 1. The number of hydrogen-bond donors (Lipinski definition) is 1. The van der Waals surface area contributed by atoms with E-state index in [9.17, 15) is 9.59 Å². The van der Waals surface area contributed by atoms with Gasteiger partial charge in [0.25, 0.3) is 0 Å². The van der Waals surface area contributed by atoms with Gasteiger partial charge in [0.15, 0.2) is 0 Å². The molecule has 2 atom stereocenters. The predicted molar refractivity (Wildman–Crippen MR) is 73.8 cm³/mol. The molecular weight excluding hydrogens is 472 g/mol. The van der Waals surface area contributed by atoms with Gasteiger partial charge < -0.3 is 0 Å². The van der Waals surface area contributed by atoms with Crippen LogP contribution in [0.1, 0.15) is 18.1 Å². The number of halogens is 2. The summed E-state index contributed by atoms with van der Waals surface area (Å²) in [5, 5.41) is 0. The Morgan fingerprint density at radius 2 is 2.26 bits per heavy atom. The average Bonchev–Trinajstić information content (AvgIpc) is 3.12. The fourth-order valence-electron chi connectivity index (χ4n) is 2.08. The van der Waals surface area contributed by atoms with Crippen LogP contribution in [0, 0.1) is 0 Å². The van der Waals surface area contributed by atoms with Gasteiger partial charge in [-0.25, -0.2) is 0 Å². The molecule has 3 rings (SSSR count). The second kappa shape index (κ2) is 4.96. The zero-order valence-electron chi connectivity index (χ0n) is 10.2. The summed E-state index contributed by atoms with van der Waals surface area (Å²) in [6.07, 6.45) is 0.837. The summed E-state index contributed by atoms with van der Waals surface area (Å²) in [6, 6.07) is 5.54. The molecule has 1 fully saturated rings. The molecule has 0 spiro atoms. The normalized spacial score (nSPS) is 24.1. The fraction of sp³-hybridized carbons (Fsp3) is 0.385. The van der Waals surface area contributed by atoms with E-state index >= 15 is 0 Å². The summed E-state index contributed by atoms with van der Waals surface area (Å²) in [5.74, 6) is 0.510. The van der Waals surface area contributed by atoms with E-state index in [1.807, 2.05) is 19.1 Å². The molecular formula is C13H12I2NO3-. The Labute approximate surface area is 135 Å². The van der Waals surface area contributed by atoms with E-state index in [2.05, 4.69) is 26.1 Å². The van der Waals surface area contributed by atoms with Crippen molar-refractivity contribution >= 4 is 34.3 Å². The Kier molecular flexibility index (Phi) is 3.59. The molecule has 1 heterocycles. The van der Waals surface area contributed by atoms with Gasteiger partial charge in [0.1, 0.15) is 0 Å². The Morgan fingerprint density at radius 1 is 1.53 bits per heavy atom. The molecule has 1 aromatic carbocycles. The molecule has 1 saturated heterocycles. The minimum absolute atomic E-state index is 0.0509. The van der Waals surface area contributed by atoms with Crippen molar-refractivity contribution < 1.29 is 35.8 Å². The first-order valence-electron chi connectivity index (χ1n) is 5.90. The van der Waals surface area contributed by atoms with Crippen molar-refractivity contribution in [3.05, 3.63) is 29.3 Å². The molecule has 102 valence electrons. The Balaban J connectivity index is 1.83. The number of benzene rings is 1.